The molecule has 0 heterocycles. The van der Waals surface area contributed by atoms with Crippen LogP contribution in [-0.2, 0) is 0 Å². The van der Waals surface area contributed by atoms with Crippen LogP contribution >= 0.6 is 0 Å². The number of halogens is 1. The molecule has 0 aromatic heterocycles. The van der Waals surface area contributed by atoms with Gasteiger partial charge in [0.1, 0.15) is 5.82 Å². The summed E-state index contributed by atoms with van der Waals surface area (Å²) in [7, 11) is 0. The SMILES string of the molecule is Cc1cc(F)ccc1C(=O)CC1CCC1. The molecule has 0 atom stereocenters. The van der Waals surface area contributed by atoms with E-state index in [1.807, 2.05) is 0 Å². The highest BCUT2D eigenvalue weighted by Gasteiger charge is 2.22. The zero-order valence-corrected chi connectivity index (χ0v) is 8.92. The van der Waals surface area contributed by atoms with Gasteiger partial charge in [-0.3, -0.25) is 4.79 Å². The first kappa shape index (κ1) is 10.3. The third-order valence-electron chi connectivity index (χ3n) is 3.19. The van der Waals surface area contributed by atoms with E-state index in [0.717, 1.165) is 5.56 Å². The Labute approximate surface area is 89.3 Å². The predicted molar refractivity (Wildman–Crippen MR) is 57.4 cm³/mol. The zero-order chi connectivity index (χ0) is 10.8. The first-order valence-corrected chi connectivity index (χ1v) is 5.46. The molecule has 0 aliphatic heterocycles. The fourth-order valence-electron chi connectivity index (χ4n) is 2.01. The van der Waals surface area contributed by atoms with Gasteiger partial charge in [-0.15, -0.1) is 0 Å². The van der Waals surface area contributed by atoms with Crippen molar-refractivity contribution in [2.75, 3.05) is 0 Å². The van der Waals surface area contributed by atoms with Crippen molar-refractivity contribution in [2.45, 2.75) is 32.6 Å². The lowest BCUT2D eigenvalue weighted by Gasteiger charge is -2.24. The highest BCUT2D eigenvalue weighted by molar-refractivity contribution is 5.97. The molecule has 80 valence electrons. The molecule has 0 bridgehead atoms. The lowest BCUT2D eigenvalue weighted by molar-refractivity contribution is 0.0936. The van der Waals surface area contributed by atoms with Crippen molar-refractivity contribution in [3.05, 3.63) is 35.1 Å². The number of hydrogen-bond acceptors (Lipinski definition) is 1. The second-order valence-electron chi connectivity index (χ2n) is 4.38. The van der Waals surface area contributed by atoms with Crippen molar-refractivity contribution in [3.63, 3.8) is 0 Å². The molecule has 2 heteroatoms. The lowest BCUT2D eigenvalue weighted by Crippen LogP contribution is -2.16. The number of carbonyl (C=O) groups excluding carboxylic acids is 1. The minimum absolute atomic E-state index is 0.164. The van der Waals surface area contributed by atoms with Crippen molar-refractivity contribution in [3.8, 4) is 0 Å². The highest BCUT2D eigenvalue weighted by atomic mass is 19.1. The van der Waals surface area contributed by atoms with Gasteiger partial charge in [0.25, 0.3) is 0 Å². The second-order valence-corrected chi connectivity index (χ2v) is 4.38. The summed E-state index contributed by atoms with van der Waals surface area (Å²) in [4.78, 5) is 11.9. The smallest absolute Gasteiger partial charge is 0.163 e. The Morgan fingerprint density at radius 1 is 1.47 bits per heavy atom. The van der Waals surface area contributed by atoms with Crippen LogP contribution in [0.1, 0.15) is 41.6 Å². The molecule has 1 saturated carbocycles. The molecule has 0 amide bonds. The minimum Gasteiger partial charge on any atom is -0.294 e. The largest absolute Gasteiger partial charge is 0.294 e. The van der Waals surface area contributed by atoms with Crippen LogP contribution in [0.3, 0.4) is 0 Å². The fourth-order valence-corrected chi connectivity index (χ4v) is 2.01. The second kappa shape index (κ2) is 4.13. The van der Waals surface area contributed by atoms with Crippen molar-refractivity contribution in [1.29, 1.82) is 0 Å². The third kappa shape index (κ3) is 2.25. The van der Waals surface area contributed by atoms with Crippen LogP contribution in [0.2, 0.25) is 0 Å². The summed E-state index contributed by atoms with van der Waals surface area (Å²) >= 11 is 0. The third-order valence-corrected chi connectivity index (χ3v) is 3.19. The van der Waals surface area contributed by atoms with E-state index in [1.54, 1.807) is 13.0 Å². The quantitative estimate of drug-likeness (QED) is 0.692. The van der Waals surface area contributed by atoms with Crippen molar-refractivity contribution < 1.29 is 9.18 Å². The van der Waals surface area contributed by atoms with Crippen LogP contribution in [0.25, 0.3) is 0 Å². The Bertz CT molecular complexity index is 380. The van der Waals surface area contributed by atoms with Gasteiger partial charge >= 0.3 is 0 Å². The summed E-state index contributed by atoms with van der Waals surface area (Å²) in [5, 5.41) is 0. The summed E-state index contributed by atoms with van der Waals surface area (Å²) in [5.74, 6) is 0.465. The Morgan fingerprint density at radius 3 is 2.73 bits per heavy atom. The Morgan fingerprint density at radius 2 is 2.20 bits per heavy atom. The molecule has 1 aliphatic carbocycles. The van der Waals surface area contributed by atoms with Crippen LogP contribution in [0.15, 0.2) is 18.2 Å². The van der Waals surface area contributed by atoms with Gasteiger partial charge < -0.3 is 0 Å². The average molecular weight is 206 g/mol. The van der Waals surface area contributed by atoms with Gasteiger partial charge in [-0.25, -0.2) is 4.39 Å². The summed E-state index contributed by atoms with van der Waals surface area (Å²) in [6, 6.07) is 4.39. The Hall–Kier alpha value is -1.18. The number of carbonyl (C=O) groups is 1. The molecule has 0 N–H and O–H groups in total. The van der Waals surface area contributed by atoms with E-state index in [4.69, 9.17) is 0 Å². The molecular weight excluding hydrogens is 191 g/mol. The molecule has 1 fully saturated rings. The van der Waals surface area contributed by atoms with E-state index in [-0.39, 0.29) is 11.6 Å². The molecule has 15 heavy (non-hydrogen) atoms. The van der Waals surface area contributed by atoms with Gasteiger partial charge in [-0.05, 0) is 36.6 Å². The molecule has 1 aromatic rings. The molecule has 2 rings (SSSR count). The number of rotatable bonds is 3. The average Bonchev–Trinajstić information content (AvgIpc) is 2.11. The fraction of sp³-hybridized carbons (Fsp3) is 0.462. The van der Waals surface area contributed by atoms with E-state index in [1.165, 1.54) is 31.4 Å². The standard InChI is InChI=1S/C13H15FO/c1-9-7-11(14)5-6-12(9)13(15)8-10-3-2-4-10/h5-7,10H,2-4,8H2,1H3. The van der Waals surface area contributed by atoms with Crippen molar-refractivity contribution in [2.24, 2.45) is 5.92 Å². The van der Waals surface area contributed by atoms with Crippen LogP contribution in [0.5, 0.6) is 0 Å². The van der Waals surface area contributed by atoms with Gasteiger partial charge in [0.05, 0.1) is 0 Å². The number of benzene rings is 1. The van der Waals surface area contributed by atoms with Crippen LogP contribution in [-0.4, -0.2) is 5.78 Å². The first-order valence-electron chi connectivity index (χ1n) is 5.46. The maximum Gasteiger partial charge on any atom is 0.163 e. The molecule has 0 radical (unpaired) electrons. The summed E-state index contributed by atoms with van der Waals surface area (Å²) < 4.78 is 12.8. The maximum absolute atomic E-state index is 12.8. The summed E-state index contributed by atoms with van der Waals surface area (Å²) in [6.07, 6.45) is 4.23. The van der Waals surface area contributed by atoms with Gasteiger partial charge in [-0.2, -0.15) is 0 Å². The normalized spacial score (nSPS) is 16.1. The van der Waals surface area contributed by atoms with Crippen LogP contribution in [0.4, 0.5) is 4.39 Å². The monoisotopic (exact) mass is 206 g/mol. The van der Waals surface area contributed by atoms with Gasteiger partial charge in [0.15, 0.2) is 5.78 Å². The van der Waals surface area contributed by atoms with Gasteiger partial charge in [-0.1, -0.05) is 19.3 Å². The van der Waals surface area contributed by atoms with E-state index < -0.39 is 0 Å². The van der Waals surface area contributed by atoms with Gasteiger partial charge in [0, 0.05) is 12.0 Å². The van der Waals surface area contributed by atoms with Crippen molar-refractivity contribution >= 4 is 5.78 Å². The highest BCUT2D eigenvalue weighted by Crippen LogP contribution is 2.30. The summed E-state index contributed by atoms with van der Waals surface area (Å²) in [6.45, 7) is 1.79. The van der Waals surface area contributed by atoms with Crippen LogP contribution < -0.4 is 0 Å². The number of Topliss-reactive ketones (excluding diaryl/α,β-unsaturated/α-hetero) is 1. The predicted octanol–water partition coefficient (Wildman–Crippen LogP) is 3.51. The molecule has 0 unspecified atom stereocenters. The first-order chi connectivity index (χ1) is 7.16. The summed E-state index contributed by atoms with van der Waals surface area (Å²) in [5.41, 5.74) is 1.43. The molecule has 1 aromatic carbocycles. The van der Waals surface area contributed by atoms with Crippen LogP contribution in [0, 0.1) is 18.7 Å². The Balaban J connectivity index is 2.10. The number of aryl methyl sites for hydroxylation is 1. The van der Waals surface area contributed by atoms with Crippen molar-refractivity contribution in [1.82, 2.24) is 0 Å². The lowest BCUT2D eigenvalue weighted by atomic mass is 9.80. The van der Waals surface area contributed by atoms with E-state index in [2.05, 4.69) is 0 Å². The zero-order valence-electron chi connectivity index (χ0n) is 8.92. The number of hydrogen-bond donors (Lipinski definition) is 0. The molecule has 0 saturated heterocycles. The van der Waals surface area contributed by atoms with E-state index in [0.29, 0.717) is 17.9 Å². The molecule has 0 spiro atoms. The molecule has 1 nitrogen and oxygen atoms in total. The number of ketones is 1. The topological polar surface area (TPSA) is 17.1 Å². The molecular formula is C13H15FO. The van der Waals surface area contributed by atoms with Gasteiger partial charge in [0.2, 0.25) is 0 Å². The van der Waals surface area contributed by atoms with E-state index in [9.17, 15) is 9.18 Å². The maximum atomic E-state index is 12.8. The minimum atomic E-state index is -0.271. The van der Waals surface area contributed by atoms with E-state index >= 15 is 0 Å². The Kier molecular flexibility index (Phi) is 2.85. The molecule has 1 aliphatic rings.